The number of hydrogen-bond donors (Lipinski definition) is 0. The second-order valence-electron chi connectivity index (χ2n) is 4.58. The Bertz CT molecular complexity index is 337. The zero-order valence-electron chi connectivity index (χ0n) is 9.95. The van der Waals surface area contributed by atoms with Gasteiger partial charge in [0.15, 0.2) is 0 Å². The Labute approximate surface area is 107 Å². The van der Waals surface area contributed by atoms with Crippen molar-refractivity contribution in [2.75, 3.05) is 18.0 Å². The van der Waals surface area contributed by atoms with Crippen LogP contribution in [0.1, 0.15) is 31.7 Å². The first-order valence-corrected chi connectivity index (χ1v) is 7.19. The van der Waals surface area contributed by atoms with Crippen molar-refractivity contribution in [2.45, 2.75) is 37.4 Å². The Kier molecular flexibility index (Phi) is 4.28. The minimum Gasteiger partial charge on any atom is -0.370 e. The van der Waals surface area contributed by atoms with E-state index in [1.807, 2.05) is 0 Å². The van der Waals surface area contributed by atoms with Crippen molar-refractivity contribution in [1.82, 2.24) is 0 Å². The predicted molar refractivity (Wildman–Crippen MR) is 74.6 cm³/mol. The predicted octanol–water partition coefficient (Wildman–Crippen LogP) is 4.00. The van der Waals surface area contributed by atoms with Gasteiger partial charge in [0.1, 0.15) is 0 Å². The summed E-state index contributed by atoms with van der Waals surface area (Å²) >= 11 is 3.77. The monoisotopic (exact) mass is 281 g/mol. The maximum absolute atomic E-state index is 3.77. The van der Waals surface area contributed by atoms with Gasteiger partial charge in [-0.3, -0.25) is 0 Å². The first-order chi connectivity index (χ1) is 7.81. The molecule has 1 heterocycles. The molecule has 1 aromatic carbocycles. The van der Waals surface area contributed by atoms with E-state index in [2.05, 4.69) is 52.0 Å². The molecule has 0 saturated carbocycles. The smallest absolute Gasteiger partial charge is 0.0399 e. The highest BCUT2D eigenvalue weighted by atomic mass is 79.9. The third kappa shape index (κ3) is 2.79. The highest BCUT2D eigenvalue weighted by Gasteiger charge is 2.21. The third-order valence-electron chi connectivity index (χ3n) is 3.22. The molecular weight excluding hydrogens is 262 g/mol. The molecular formula is C14H20BrN. The molecule has 88 valence electrons. The van der Waals surface area contributed by atoms with Crippen LogP contribution in [0.3, 0.4) is 0 Å². The summed E-state index contributed by atoms with van der Waals surface area (Å²) in [6.45, 7) is 4.62. The fraction of sp³-hybridized carbons (Fsp3) is 0.571. The summed E-state index contributed by atoms with van der Waals surface area (Å²) in [5.74, 6) is 0. The average Bonchev–Trinajstić information content (AvgIpc) is 2.29. The number of rotatable bonds is 4. The summed E-state index contributed by atoms with van der Waals surface area (Å²) in [4.78, 5) is 3.15. The Morgan fingerprint density at radius 2 is 2.12 bits per heavy atom. The van der Waals surface area contributed by atoms with Crippen LogP contribution in [0.2, 0.25) is 0 Å². The van der Waals surface area contributed by atoms with Crippen LogP contribution in [-0.2, 0) is 6.42 Å². The van der Waals surface area contributed by atoms with E-state index in [1.54, 1.807) is 0 Å². The van der Waals surface area contributed by atoms with E-state index in [4.69, 9.17) is 0 Å². The summed E-state index contributed by atoms with van der Waals surface area (Å²) < 4.78 is 0. The van der Waals surface area contributed by atoms with Gasteiger partial charge in [-0.1, -0.05) is 53.9 Å². The van der Waals surface area contributed by atoms with Crippen LogP contribution < -0.4 is 4.90 Å². The van der Waals surface area contributed by atoms with Gasteiger partial charge in [-0.25, -0.2) is 0 Å². The van der Waals surface area contributed by atoms with Gasteiger partial charge in [0.2, 0.25) is 0 Å². The van der Waals surface area contributed by atoms with Gasteiger partial charge < -0.3 is 4.90 Å². The van der Waals surface area contributed by atoms with Gasteiger partial charge in [-0.2, -0.15) is 0 Å². The standard InChI is InChI=1S/C14H20BrN/c1-2-3-6-9-16-11-13(15)10-12-7-4-5-8-14(12)16/h4-5,7-8,13H,2-3,6,9-11H2,1H3. The molecule has 0 fully saturated rings. The highest BCUT2D eigenvalue weighted by Crippen LogP contribution is 2.29. The van der Waals surface area contributed by atoms with Crippen LogP contribution in [-0.4, -0.2) is 17.9 Å². The summed E-state index contributed by atoms with van der Waals surface area (Å²) in [7, 11) is 0. The molecule has 1 unspecified atom stereocenters. The minimum absolute atomic E-state index is 0.615. The van der Waals surface area contributed by atoms with Crippen LogP contribution in [0.15, 0.2) is 24.3 Å². The zero-order chi connectivity index (χ0) is 11.4. The second kappa shape index (κ2) is 5.72. The Morgan fingerprint density at radius 3 is 2.94 bits per heavy atom. The number of nitrogens with zero attached hydrogens (tertiary/aromatic N) is 1. The van der Waals surface area contributed by atoms with E-state index >= 15 is 0 Å². The molecule has 2 rings (SSSR count). The summed E-state index contributed by atoms with van der Waals surface area (Å²) in [6, 6.07) is 8.82. The van der Waals surface area contributed by atoms with Crippen molar-refractivity contribution < 1.29 is 0 Å². The van der Waals surface area contributed by atoms with Crippen molar-refractivity contribution in [2.24, 2.45) is 0 Å². The first-order valence-electron chi connectivity index (χ1n) is 6.28. The summed E-state index contributed by atoms with van der Waals surface area (Å²) in [5, 5.41) is 0. The third-order valence-corrected chi connectivity index (χ3v) is 3.84. The Hall–Kier alpha value is -0.500. The highest BCUT2D eigenvalue weighted by molar-refractivity contribution is 9.09. The van der Waals surface area contributed by atoms with E-state index in [9.17, 15) is 0 Å². The molecule has 1 nitrogen and oxygen atoms in total. The van der Waals surface area contributed by atoms with Gasteiger partial charge >= 0.3 is 0 Å². The quantitative estimate of drug-likeness (QED) is 0.596. The lowest BCUT2D eigenvalue weighted by Crippen LogP contribution is -2.36. The van der Waals surface area contributed by atoms with Crippen molar-refractivity contribution in [3.63, 3.8) is 0 Å². The molecule has 1 atom stereocenters. The maximum Gasteiger partial charge on any atom is 0.0399 e. The minimum atomic E-state index is 0.615. The normalized spacial score (nSPS) is 19.6. The van der Waals surface area contributed by atoms with E-state index in [-0.39, 0.29) is 0 Å². The average molecular weight is 282 g/mol. The first kappa shape index (κ1) is 12.0. The van der Waals surface area contributed by atoms with E-state index in [0.29, 0.717) is 4.83 Å². The van der Waals surface area contributed by atoms with E-state index < -0.39 is 0 Å². The fourth-order valence-corrected chi connectivity index (χ4v) is 3.10. The molecule has 0 amide bonds. The molecule has 0 aromatic heterocycles. The number of benzene rings is 1. The molecule has 2 heteroatoms. The zero-order valence-corrected chi connectivity index (χ0v) is 11.5. The van der Waals surface area contributed by atoms with Gasteiger partial charge in [0.05, 0.1) is 0 Å². The summed E-state index contributed by atoms with van der Waals surface area (Å²) in [5.41, 5.74) is 2.95. The number of unbranched alkanes of at least 4 members (excludes halogenated alkanes) is 2. The van der Waals surface area contributed by atoms with Crippen molar-refractivity contribution in [3.8, 4) is 0 Å². The molecule has 0 radical (unpaired) electrons. The molecule has 0 bridgehead atoms. The van der Waals surface area contributed by atoms with E-state index in [1.165, 1.54) is 43.5 Å². The SMILES string of the molecule is CCCCCN1CC(Br)Cc2ccccc21. The van der Waals surface area contributed by atoms with Crippen molar-refractivity contribution in [3.05, 3.63) is 29.8 Å². The number of hydrogen-bond acceptors (Lipinski definition) is 1. The molecule has 0 N–H and O–H groups in total. The number of alkyl halides is 1. The lowest BCUT2D eigenvalue weighted by atomic mass is 10.0. The molecule has 0 spiro atoms. The Morgan fingerprint density at radius 1 is 1.31 bits per heavy atom. The van der Waals surface area contributed by atoms with Crippen LogP contribution in [0, 0.1) is 0 Å². The summed E-state index contributed by atoms with van der Waals surface area (Å²) in [6.07, 6.45) is 5.11. The Balaban J connectivity index is 2.07. The van der Waals surface area contributed by atoms with Crippen molar-refractivity contribution in [1.29, 1.82) is 0 Å². The van der Waals surface area contributed by atoms with Crippen LogP contribution in [0.4, 0.5) is 5.69 Å². The van der Waals surface area contributed by atoms with Gasteiger partial charge in [0.25, 0.3) is 0 Å². The van der Waals surface area contributed by atoms with Gasteiger partial charge in [0, 0.05) is 23.6 Å². The maximum atomic E-state index is 3.77. The number of halogens is 1. The van der Waals surface area contributed by atoms with E-state index in [0.717, 1.165) is 6.54 Å². The van der Waals surface area contributed by atoms with Crippen LogP contribution in [0.25, 0.3) is 0 Å². The lowest BCUT2D eigenvalue weighted by Gasteiger charge is -2.34. The van der Waals surface area contributed by atoms with Gasteiger partial charge in [-0.05, 0) is 24.5 Å². The number of anilines is 1. The second-order valence-corrected chi connectivity index (χ2v) is 5.88. The van der Waals surface area contributed by atoms with Gasteiger partial charge in [-0.15, -0.1) is 0 Å². The topological polar surface area (TPSA) is 3.24 Å². The number of fused-ring (bicyclic) bond motifs is 1. The lowest BCUT2D eigenvalue weighted by molar-refractivity contribution is 0.648. The van der Waals surface area contributed by atoms with Crippen LogP contribution >= 0.6 is 15.9 Å². The molecule has 1 aromatic rings. The molecule has 1 aliphatic rings. The largest absolute Gasteiger partial charge is 0.370 e. The molecule has 0 aliphatic carbocycles. The number of para-hydroxylation sites is 1. The molecule has 0 saturated heterocycles. The fourth-order valence-electron chi connectivity index (χ4n) is 2.40. The van der Waals surface area contributed by atoms with Crippen molar-refractivity contribution >= 4 is 21.6 Å². The molecule has 16 heavy (non-hydrogen) atoms. The molecule has 1 aliphatic heterocycles. The van der Waals surface area contributed by atoms with Crippen LogP contribution in [0.5, 0.6) is 0 Å².